The largest absolute Gasteiger partial charge is 0.224 e. The highest BCUT2D eigenvalue weighted by atomic mass is 32.3. The molecule has 19 heavy (non-hydrogen) atoms. The molecule has 0 aliphatic rings. The fourth-order valence-electron chi connectivity index (χ4n) is 2.03. The quantitative estimate of drug-likeness (QED) is 0.792. The van der Waals surface area contributed by atoms with Gasteiger partial charge in [-0.15, -0.1) is 0 Å². The van der Waals surface area contributed by atoms with Crippen LogP contribution in [0.5, 0.6) is 0 Å². The lowest BCUT2D eigenvalue weighted by Crippen LogP contribution is -2.42. The lowest BCUT2D eigenvalue weighted by molar-refractivity contribution is 0.428. The minimum Gasteiger partial charge on any atom is -0.212 e. The van der Waals surface area contributed by atoms with Crippen LogP contribution < -0.4 is 0 Å². The first-order valence-electron chi connectivity index (χ1n) is 5.86. The average molecular weight is 305 g/mol. The zero-order valence-corrected chi connectivity index (χ0v) is 12.9. The van der Waals surface area contributed by atoms with Crippen molar-refractivity contribution < 1.29 is 16.8 Å². The van der Waals surface area contributed by atoms with Crippen molar-refractivity contribution in [2.45, 2.75) is 25.8 Å². The van der Waals surface area contributed by atoms with E-state index in [4.69, 9.17) is 0 Å². The SMILES string of the molecule is C[C@@H](CCc1ccccc1)N(S(C)(=O)=O)S(C)(=O)=O. The number of aryl methyl sites for hydroxylation is 1. The van der Waals surface area contributed by atoms with Crippen molar-refractivity contribution in [1.82, 2.24) is 3.71 Å². The van der Waals surface area contributed by atoms with E-state index in [1.54, 1.807) is 6.92 Å². The predicted octanol–water partition coefficient (Wildman–Crippen LogP) is 1.23. The van der Waals surface area contributed by atoms with Gasteiger partial charge < -0.3 is 0 Å². The second kappa shape index (κ2) is 6.02. The van der Waals surface area contributed by atoms with Gasteiger partial charge in [-0.3, -0.25) is 0 Å². The van der Waals surface area contributed by atoms with Gasteiger partial charge in [-0.1, -0.05) is 34.0 Å². The van der Waals surface area contributed by atoms with Crippen LogP contribution in [-0.2, 0) is 26.5 Å². The van der Waals surface area contributed by atoms with Crippen LogP contribution in [0, 0.1) is 0 Å². The third kappa shape index (κ3) is 4.93. The molecule has 5 nitrogen and oxygen atoms in total. The normalized spacial score (nSPS) is 14.5. The summed E-state index contributed by atoms with van der Waals surface area (Å²) in [5.41, 5.74) is 1.05. The standard InChI is InChI=1S/C12H19NO4S2/c1-11(9-10-12-7-5-4-6-8-12)13(18(2,14)15)19(3,16)17/h4-8,11H,9-10H2,1-3H3/t11-/m0/s1. The van der Waals surface area contributed by atoms with E-state index in [9.17, 15) is 16.8 Å². The van der Waals surface area contributed by atoms with Crippen molar-refractivity contribution in [2.75, 3.05) is 12.5 Å². The Hall–Kier alpha value is -0.920. The van der Waals surface area contributed by atoms with Crippen LogP contribution >= 0.6 is 0 Å². The second-order valence-electron chi connectivity index (χ2n) is 4.62. The Balaban J connectivity index is 2.83. The molecule has 0 amide bonds. The van der Waals surface area contributed by atoms with E-state index in [2.05, 4.69) is 0 Å². The van der Waals surface area contributed by atoms with Crippen LogP contribution in [0.1, 0.15) is 18.9 Å². The topological polar surface area (TPSA) is 71.5 Å². The molecule has 0 aromatic heterocycles. The summed E-state index contributed by atoms with van der Waals surface area (Å²) in [7, 11) is -7.56. The molecular formula is C12H19NO4S2. The predicted molar refractivity (Wildman–Crippen MR) is 75.8 cm³/mol. The minimum absolute atomic E-state index is 0.449. The number of benzene rings is 1. The summed E-state index contributed by atoms with van der Waals surface area (Å²) in [6.45, 7) is 1.60. The summed E-state index contributed by atoms with van der Waals surface area (Å²) in [6, 6.07) is 8.95. The molecule has 1 rings (SSSR count). The first-order chi connectivity index (χ1) is 8.62. The van der Waals surface area contributed by atoms with E-state index in [0.29, 0.717) is 16.6 Å². The lowest BCUT2D eigenvalue weighted by Gasteiger charge is -2.24. The molecule has 0 heterocycles. The Morgan fingerprint density at radius 1 is 1.00 bits per heavy atom. The first-order valence-corrected chi connectivity index (χ1v) is 9.55. The van der Waals surface area contributed by atoms with Gasteiger partial charge in [-0.25, -0.2) is 16.8 Å². The summed E-state index contributed by atoms with van der Waals surface area (Å²) in [5.74, 6) is 0. The van der Waals surface area contributed by atoms with Gasteiger partial charge in [0.25, 0.3) is 0 Å². The highest BCUT2D eigenvalue weighted by Gasteiger charge is 2.31. The van der Waals surface area contributed by atoms with Crippen molar-refractivity contribution in [3.8, 4) is 0 Å². The minimum atomic E-state index is -3.78. The Morgan fingerprint density at radius 3 is 1.89 bits per heavy atom. The summed E-state index contributed by atoms with van der Waals surface area (Å²) in [4.78, 5) is 0. The molecule has 108 valence electrons. The van der Waals surface area contributed by atoms with E-state index < -0.39 is 26.1 Å². The number of rotatable bonds is 6. The molecule has 0 saturated heterocycles. The van der Waals surface area contributed by atoms with Crippen molar-refractivity contribution in [3.63, 3.8) is 0 Å². The third-order valence-corrected chi connectivity index (χ3v) is 6.36. The Labute approximate surface area is 115 Å². The van der Waals surface area contributed by atoms with Gasteiger partial charge in [-0.05, 0) is 25.3 Å². The molecule has 0 fully saturated rings. The van der Waals surface area contributed by atoms with E-state index in [1.807, 2.05) is 30.3 Å². The van der Waals surface area contributed by atoms with Gasteiger partial charge in [0, 0.05) is 6.04 Å². The summed E-state index contributed by atoms with van der Waals surface area (Å²) in [6.07, 6.45) is 2.90. The molecule has 0 unspecified atom stereocenters. The third-order valence-electron chi connectivity index (χ3n) is 2.71. The lowest BCUT2D eigenvalue weighted by atomic mass is 10.1. The highest BCUT2D eigenvalue weighted by molar-refractivity contribution is 8.03. The van der Waals surface area contributed by atoms with Crippen LogP contribution in [0.15, 0.2) is 30.3 Å². The molecule has 0 N–H and O–H groups in total. The van der Waals surface area contributed by atoms with Gasteiger partial charge in [0.2, 0.25) is 20.0 Å². The van der Waals surface area contributed by atoms with Crippen LogP contribution in [0.3, 0.4) is 0 Å². The van der Waals surface area contributed by atoms with E-state index >= 15 is 0 Å². The Kier molecular flexibility index (Phi) is 5.11. The molecular weight excluding hydrogens is 286 g/mol. The maximum absolute atomic E-state index is 11.6. The van der Waals surface area contributed by atoms with E-state index in [-0.39, 0.29) is 0 Å². The monoisotopic (exact) mass is 305 g/mol. The summed E-state index contributed by atoms with van der Waals surface area (Å²) < 4.78 is 46.9. The van der Waals surface area contributed by atoms with E-state index in [0.717, 1.165) is 18.1 Å². The number of hydrogen-bond acceptors (Lipinski definition) is 4. The van der Waals surface area contributed by atoms with Crippen LogP contribution in [0.4, 0.5) is 0 Å². The van der Waals surface area contributed by atoms with Crippen LogP contribution in [-0.4, -0.2) is 39.1 Å². The molecule has 1 atom stereocenters. The van der Waals surface area contributed by atoms with Gasteiger partial charge in [0.15, 0.2) is 0 Å². The average Bonchev–Trinajstić information content (AvgIpc) is 2.24. The number of hydrogen-bond donors (Lipinski definition) is 0. The fourth-order valence-corrected chi connectivity index (χ4v) is 5.51. The van der Waals surface area contributed by atoms with E-state index in [1.165, 1.54) is 0 Å². The fraction of sp³-hybridized carbons (Fsp3) is 0.500. The zero-order valence-electron chi connectivity index (χ0n) is 11.3. The molecule has 0 aliphatic carbocycles. The first kappa shape index (κ1) is 16.1. The Bertz CT molecular complexity index is 576. The Morgan fingerprint density at radius 2 is 1.47 bits per heavy atom. The summed E-state index contributed by atoms with van der Waals surface area (Å²) in [5, 5.41) is 0. The van der Waals surface area contributed by atoms with Crippen molar-refractivity contribution in [3.05, 3.63) is 35.9 Å². The maximum atomic E-state index is 11.6. The van der Waals surface area contributed by atoms with Gasteiger partial charge >= 0.3 is 0 Å². The molecule has 1 aromatic rings. The maximum Gasteiger partial charge on any atom is 0.224 e. The van der Waals surface area contributed by atoms with Crippen LogP contribution in [0.25, 0.3) is 0 Å². The molecule has 7 heteroatoms. The molecule has 0 saturated carbocycles. The smallest absolute Gasteiger partial charge is 0.212 e. The van der Waals surface area contributed by atoms with Gasteiger partial charge in [0.05, 0.1) is 12.5 Å². The van der Waals surface area contributed by atoms with Crippen molar-refractivity contribution in [1.29, 1.82) is 0 Å². The van der Waals surface area contributed by atoms with Crippen LogP contribution in [0.2, 0.25) is 0 Å². The molecule has 0 aliphatic heterocycles. The molecule has 0 radical (unpaired) electrons. The second-order valence-corrected chi connectivity index (χ2v) is 8.57. The summed E-state index contributed by atoms with van der Waals surface area (Å²) >= 11 is 0. The highest BCUT2D eigenvalue weighted by Crippen LogP contribution is 2.16. The van der Waals surface area contributed by atoms with Gasteiger partial charge in [-0.2, -0.15) is 0 Å². The molecule has 0 bridgehead atoms. The molecule has 0 spiro atoms. The van der Waals surface area contributed by atoms with Gasteiger partial charge in [0.1, 0.15) is 0 Å². The molecule has 1 aromatic carbocycles. The number of nitrogens with zero attached hydrogens (tertiary/aromatic N) is 1. The van der Waals surface area contributed by atoms with Crippen molar-refractivity contribution in [2.24, 2.45) is 0 Å². The van der Waals surface area contributed by atoms with Crippen molar-refractivity contribution >= 4 is 20.0 Å². The zero-order chi connectivity index (χ0) is 14.7. The number of sulfonamides is 2.